The normalized spacial score (nSPS) is 11.3. The maximum atomic E-state index is 13.0. The Morgan fingerprint density at radius 1 is 1.06 bits per heavy atom. The third kappa shape index (κ3) is 4.63. The fourth-order valence-corrected chi connectivity index (χ4v) is 2.99. The average Bonchev–Trinajstić information content (AvgIpc) is 2.67. The molecule has 0 bridgehead atoms. The Bertz CT molecular complexity index is 1250. The minimum Gasteiger partial charge on any atom is -0.366 e. The molecule has 0 radical (unpaired) electrons. The van der Waals surface area contributed by atoms with Crippen molar-refractivity contribution in [3.05, 3.63) is 86.8 Å². The number of benzene rings is 2. The number of hydrogen-bond donors (Lipinski definition) is 2. The molecule has 3 aromatic rings. The highest BCUT2D eigenvalue weighted by molar-refractivity contribution is 6.03. The first-order valence-electron chi connectivity index (χ1n) is 8.98. The van der Waals surface area contributed by atoms with E-state index in [1.807, 2.05) is 0 Å². The molecule has 0 spiro atoms. The van der Waals surface area contributed by atoms with E-state index in [0.29, 0.717) is 11.3 Å². The highest BCUT2D eigenvalue weighted by Crippen LogP contribution is 2.30. The van der Waals surface area contributed by atoms with Gasteiger partial charge in [-0.1, -0.05) is 6.07 Å². The van der Waals surface area contributed by atoms with Crippen LogP contribution in [0.15, 0.2) is 53.3 Å². The molecule has 2 amide bonds. The first-order chi connectivity index (χ1) is 14.5. The number of halogens is 3. The summed E-state index contributed by atoms with van der Waals surface area (Å²) in [6.45, 7) is 3.11. The van der Waals surface area contributed by atoms with Gasteiger partial charge in [0.05, 0.1) is 11.3 Å². The molecule has 1 heterocycles. The van der Waals surface area contributed by atoms with Crippen molar-refractivity contribution in [3.8, 4) is 5.69 Å². The summed E-state index contributed by atoms with van der Waals surface area (Å²) in [7, 11) is 0. The Hall–Kier alpha value is -3.95. The van der Waals surface area contributed by atoms with E-state index in [1.54, 1.807) is 6.92 Å². The van der Waals surface area contributed by atoms with Gasteiger partial charge >= 0.3 is 6.18 Å². The van der Waals surface area contributed by atoms with Gasteiger partial charge in [0.25, 0.3) is 5.91 Å². The van der Waals surface area contributed by atoms with Crippen LogP contribution in [-0.2, 0) is 6.18 Å². The SMILES string of the molecule is Cc1cc(NC(=O)c2nn(-c3cccc(C(F)(F)F)c3)c(C)cc2=O)ccc1C(N)=O. The number of anilines is 1. The van der Waals surface area contributed by atoms with Gasteiger partial charge in [-0.15, -0.1) is 0 Å². The summed E-state index contributed by atoms with van der Waals surface area (Å²) in [5, 5.41) is 6.47. The van der Waals surface area contributed by atoms with Crippen molar-refractivity contribution in [2.75, 3.05) is 5.32 Å². The zero-order valence-electron chi connectivity index (χ0n) is 16.4. The number of aromatic nitrogens is 2. The number of rotatable bonds is 4. The molecule has 31 heavy (non-hydrogen) atoms. The van der Waals surface area contributed by atoms with Crippen molar-refractivity contribution in [3.63, 3.8) is 0 Å². The van der Waals surface area contributed by atoms with E-state index in [1.165, 1.54) is 37.3 Å². The highest BCUT2D eigenvalue weighted by Gasteiger charge is 2.30. The molecule has 7 nitrogen and oxygen atoms in total. The minimum atomic E-state index is -4.56. The summed E-state index contributed by atoms with van der Waals surface area (Å²) in [6, 6.07) is 9.85. The quantitative estimate of drug-likeness (QED) is 0.663. The molecule has 0 atom stereocenters. The molecule has 0 saturated heterocycles. The third-order valence-electron chi connectivity index (χ3n) is 4.49. The van der Waals surface area contributed by atoms with Crippen LogP contribution in [0.25, 0.3) is 5.69 Å². The van der Waals surface area contributed by atoms with Gasteiger partial charge < -0.3 is 11.1 Å². The Balaban J connectivity index is 1.98. The van der Waals surface area contributed by atoms with E-state index in [9.17, 15) is 27.6 Å². The lowest BCUT2D eigenvalue weighted by Crippen LogP contribution is -2.27. The van der Waals surface area contributed by atoms with Crippen LogP contribution in [0.4, 0.5) is 18.9 Å². The first-order valence-corrected chi connectivity index (χ1v) is 8.98. The fraction of sp³-hybridized carbons (Fsp3) is 0.143. The highest BCUT2D eigenvalue weighted by atomic mass is 19.4. The lowest BCUT2D eigenvalue weighted by atomic mass is 10.1. The van der Waals surface area contributed by atoms with Gasteiger partial charge in [-0.3, -0.25) is 14.4 Å². The zero-order chi connectivity index (χ0) is 22.9. The second kappa shape index (κ2) is 8.05. The number of nitrogens with one attached hydrogen (secondary N) is 1. The van der Waals surface area contributed by atoms with Crippen LogP contribution in [0, 0.1) is 13.8 Å². The number of aryl methyl sites for hydroxylation is 2. The minimum absolute atomic E-state index is 0.0445. The van der Waals surface area contributed by atoms with Crippen molar-refractivity contribution < 1.29 is 22.8 Å². The molecule has 0 aliphatic heterocycles. The second-order valence-corrected chi connectivity index (χ2v) is 6.81. The number of nitrogens with zero attached hydrogens (tertiary/aromatic N) is 2. The summed E-state index contributed by atoms with van der Waals surface area (Å²) < 4.78 is 40.2. The lowest BCUT2D eigenvalue weighted by Gasteiger charge is -2.14. The number of nitrogens with two attached hydrogens (primary N) is 1. The molecule has 0 unspecified atom stereocenters. The molecule has 0 aliphatic rings. The van der Waals surface area contributed by atoms with Gasteiger partial charge in [0.15, 0.2) is 5.69 Å². The van der Waals surface area contributed by atoms with Crippen molar-refractivity contribution in [2.45, 2.75) is 20.0 Å². The van der Waals surface area contributed by atoms with Crippen molar-refractivity contribution in [2.24, 2.45) is 5.73 Å². The van der Waals surface area contributed by atoms with Crippen molar-refractivity contribution in [1.82, 2.24) is 9.78 Å². The van der Waals surface area contributed by atoms with Crippen LogP contribution in [0.1, 0.15) is 37.7 Å². The molecule has 10 heteroatoms. The molecule has 3 N–H and O–H groups in total. The topological polar surface area (TPSA) is 107 Å². The number of amides is 2. The Morgan fingerprint density at radius 2 is 1.77 bits per heavy atom. The largest absolute Gasteiger partial charge is 0.416 e. The van der Waals surface area contributed by atoms with E-state index in [4.69, 9.17) is 5.73 Å². The molecule has 1 aromatic heterocycles. The van der Waals surface area contributed by atoms with Crippen LogP contribution >= 0.6 is 0 Å². The van der Waals surface area contributed by atoms with Crippen LogP contribution < -0.4 is 16.5 Å². The number of carbonyl (C=O) groups excluding carboxylic acids is 2. The van der Waals surface area contributed by atoms with E-state index >= 15 is 0 Å². The van der Waals surface area contributed by atoms with Crippen LogP contribution in [0.3, 0.4) is 0 Å². The lowest BCUT2D eigenvalue weighted by molar-refractivity contribution is -0.137. The molecule has 0 fully saturated rings. The molecule has 2 aromatic carbocycles. The second-order valence-electron chi connectivity index (χ2n) is 6.81. The van der Waals surface area contributed by atoms with E-state index in [2.05, 4.69) is 10.4 Å². The summed E-state index contributed by atoms with van der Waals surface area (Å²) in [5.74, 6) is -1.48. The van der Waals surface area contributed by atoms with Crippen molar-refractivity contribution in [1.29, 1.82) is 0 Å². The Morgan fingerprint density at radius 3 is 2.39 bits per heavy atom. The summed E-state index contributed by atoms with van der Waals surface area (Å²) in [4.78, 5) is 36.3. The van der Waals surface area contributed by atoms with Gasteiger partial charge in [0, 0.05) is 23.0 Å². The Kier molecular flexibility index (Phi) is 5.65. The predicted molar refractivity (Wildman–Crippen MR) is 107 cm³/mol. The molecular weight excluding hydrogens is 413 g/mol. The van der Waals surface area contributed by atoms with Gasteiger partial charge in [-0.2, -0.15) is 18.3 Å². The molecule has 0 saturated carbocycles. The third-order valence-corrected chi connectivity index (χ3v) is 4.49. The van der Waals surface area contributed by atoms with Gasteiger partial charge in [0.2, 0.25) is 11.3 Å². The fourth-order valence-electron chi connectivity index (χ4n) is 2.99. The first kappa shape index (κ1) is 21.8. The predicted octanol–water partition coefficient (Wildman–Crippen LogP) is 3.22. The number of alkyl halides is 3. The number of primary amides is 1. The van der Waals surface area contributed by atoms with Gasteiger partial charge in [0.1, 0.15) is 0 Å². The van der Waals surface area contributed by atoms with E-state index in [0.717, 1.165) is 22.9 Å². The molecule has 0 aliphatic carbocycles. The van der Waals surface area contributed by atoms with Gasteiger partial charge in [-0.05, 0) is 55.8 Å². The summed E-state index contributed by atoms with van der Waals surface area (Å²) >= 11 is 0. The van der Waals surface area contributed by atoms with E-state index in [-0.39, 0.29) is 16.9 Å². The molecule has 3 rings (SSSR count). The van der Waals surface area contributed by atoms with Crippen LogP contribution in [-0.4, -0.2) is 21.6 Å². The number of hydrogen-bond acceptors (Lipinski definition) is 4. The van der Waals surface area contributed by atoms with Crippen molar-refractivity contribution >= 4 is 17.5 Å². The molecule has 160 valence electrons. The van der Waals surface area contributed by atoms with E-state index < -0.39 is 34.7 Å². The maximum absolute atomic E-state index is 13.0. The smallest absolute Gasteiger partial charge is 0.366 e. The van der Waals surface area contributed by atoms with Crippen LogP contribution in [0.2, 0.25) is 0 Å². The Labute approximate surface area is 174 Å². The monoisotopic (exact) mass is 430 g/mol. The summed E-state index contributed by atoms with van der Waals surface area (Å²) in [5.41, 5.74) is 4.55. The van der Waals surface area contributed by atoms with Crippen LogP contribution in [0.5, 0.6) is 0 Å². The number of carbonyl (C=O) groups is 2. The standard InChI is InChI=1S/C21H17F3N4O3/c1-11-8-14(6-7-16(11)19(25)30)26-20(31)18-17(29)9-12(2)28(27-18)15-5-3-4-13(10-15)21(22,23)24/h3-10H,1-2H3,(H2,25,30)(H,26,31). The zero-order valence-corrected chi connectivity index (χ0v) is 16.4. The molecular formula is C21H17F3N4O3. The average molecular weight is 430 g/mol. The summed E-state index contributed by atoms with van der Waals surface area (Å²) in [6.07, 6.45) is -4.56. The maximum Gasteiger partial charge on any atom is 0.416 e. The van der Waals surface area contributed by atoms with Gasteiger partial charge in [-0.25, -0.2) is 4.68 Å².